The smallest absolute Gasteiger partial charge is 0.306 e. The molecule has 0 aromatic rings. The highest BCUT2D eigenvalue weighted by Crippen LogP contribution is 2.14. The summed E-state index contributed by atoms with van der Waals surface area (Å²) in [5.41, 5.74) is 0. The van der Waals surface area contributed by atoms with Crippen molar-refractivity contribution in [3.05, 3.63) is 37.0 Å². The van der Waals surface area contributed by atoms with Crippen molar-refractivity contribution in [2.45, 2.75) is 232 Å². The molecule has 0 bridgehead atoms. The van der Waals surface area contributed by atoms with Crippen LogP contribution >= 0.6 is 0 Å². The summed E-state index contributed by atoms with van der Waals surface area (Å²) < 4.78 is 16.6. The molecule has 6 nitrogen and oxygen atoms in total. The molecule has 1 atom stereocenters. The van der Waals surface area contributed by atoms with Crippen molar-refractivity contribution in [1.82, 2.24) is 0 Å². The minimum absolute atomic E-state index is 0.0818. The van der Waals surface area contributed by atoms with Crippen molar-refractivity contribution in [2.24, 2.45) is 0 Å². The first-order valence-corrected chi connectivity index (χ1v) is 22.4. The Hall–Kier alpha value is -2.37. The van der Waals surface area contributed by atoms with E-state index in [-0.39, 0.29) is 31.1 Å². The van der Waals surface area contributed by atoms with Crippen molar-refractivity contribution >= 4 is 17.9 Å². The van der Waals surface area contributed by atoms with Gasteiger partial charge >= 0.3 is 17.9 Å². The van der Waals surface area contributed by atoms with Crippen molar-refractivity contribution in [2.75, 3.05) is 13.2 Å². The summed E-state index contributed by atoms with van der Waals surface area (Å²) in [7, 11) is 0. The molecule has 0 spiro atoms. The molecule has 0 aliphatic rings. The van der Waals surface area contributed by atoms with E-state index in [9.17, 15) is 14.4 Å². The Bertz CT molecular complexity index is 893. The highest BCUT2D eigenvalue weighted by molar-refractivity contribution is 5.71. The number of rotatable bonds is 41. The van der Waals surface area contributed by atoms with E-state index >= 15 is 0 Å². The lowest BCUT2D eigenvalue weighted by atomic mass is 10.0. The number of ether oxygens (including phenoxy) is 3. The fourth-order valence-corrected chi connectivity index (χ4v) is 6.33. The lowest BCUT2D eigenvalue weighted by molar-refractivity contribution is -0.167. The number of unbranched alkanes of at least 4 members (excludes halogenated alkanes) is 25. The van der Waals surface area contributed by atoms with Gasteiger partial charge in [0.05, 0.1) is 0 Å². The third kappa shape index (κ3) is 40.6. The minimum Gasteiger partial charge on any atom is -0.462 e. The summed E-state index contributed by atoms with van der Waals surface area (Å²) in [6.45, 7) is 8.09. The number of carbonyl (C=O) groups excluding carboxylic acids is 3. The zero-order valence-electron chi connectivity index (χ0n) is 34.9. The van der Waals surface area contributed by atoms with Gasteiger partial charge in [-0.05, 0) is 64.2 Å². The van der Waals surface area contributed by atoms with Gasteiger partial charge in [-0.15, -0.1) is 6.58 Å². The average molecular weight is 745 g/mol. The Labute approximate surface area is 327 Å². The largest absolute Gasteiger partial charge is 0.462 e. The van der Waals surface area contributed by atoms with Gasteiger partial charge in [0.25, 0.3) is 0 Å². The Kier molecular flexibility index (Phi) is 40.5. The molecule has 53 heavy (non-hydrogen) atoms. The third-order valence-electron chi connectivity index (χ3n) is 9.76. The molecule has 0 rings (SSSR count). The van der Waals surface area contributed by atoms with E-state index in [1.807, 2.05) is 6.08 Å². The van der Waals surface area contributed by atoms with E-state index in [1.165, 1.54) is 96.3 Å². The molecule has 0 fully saturated rings. The molecule has 0 aromatic heterocycles. The number of hydrogen-bond acceptors (Lipinski definition) is 6. The zero-order chi connectivity index (χ0) is 38.7. The predicted octanol–water partition coefficient (Wildman–Crippen LogP) is 14.2. The first-order chi connectivity index (χ1) is 26.0. The predicted molar refractivity (Wildman–Crippen MR) is 224 cm³/mol. The first kappa shape index (κ1) is 50.6. The van der Waals surface area contributed by atoms with Gasteiger partial charge in [0.1, 0.15) is 13.2 Å². The van der Waals surface area contributed by atoms with E-state index in [1.54, 1.807) is 0 Å². The molecule has 0 N–H and O–H groups in total. The van der Waals surface area contributed by atoms with Crippen molar-refractivity contribution < 1.29 is 28.6 Å². The monoisotopic (exact) mass is 745 g/mol. The molecule has 0 saturated carbocycles. The van der Waals surface area contributed by atoms with Crippen LogP contribution in [0.15, 0.2) is 37.0 Å². The van der Waals surface area contributed by atoms with Gasteiger partial charge in [-0.2, -0.15) is 0 Å². The standard InChI is InChI=1S/C47H84O6/c1-4-7-10-13-16-18-20-22-23-25-27-29-32-34-37-40-46(49)52-43-44(53-47(50)41-38-35-30-15-12-9-6-3)42-51-45(48)39-36-33-31-28-26-24-21-19-17-14-11-8-5-2/h6,16,18,22-23,44H,3-5,7-15,17,19-21,24-43H2,1-2H3. The van der Waals surface area contributed by atoms with Gasteiger partial charge in [0.2, 0.25) is 0 Å². The SMILES string of the molecule is C=CCCCCCCCC(=O)OC(COC(=O)CCCCCCCC=CCC=CCCCCC)COC(=O)CCCCCCCCCCCCCCC. The molecule has 0 aliphatic carbocycles. The third-order valence-corrected chi connectivity index (χ3v) is 9.76. The maximum Gasteiger partial charge on any atom is 0.306 e. The molecule has 0 aromatic carbocycles. The van der Waals surface area contributed by atoms with Crippen LogP contribution in [0.1, 0.15) is 226 Å². The minimum atomic E-state index is -0.778. The normalized spacial score (nSPS) is 12.0. The summed E-state index contributed by atoms with van der Waals surface area (Å²) in [6, 6.07) is 0. The van der Waals surface area contributed by atoms with Gasteiger partial charge in [-0.3, -0.25) is 14.4 Å². The molecule has 0 saturated heterocycles. The van der Waals surface area contributed by atoms with Crippen LogP contribution in [0.5, 0.6) is 0 Å². The lowest BCUT2D eigenvalue weighted by Crippen LogP contribution is -2.30. The molecule has 0 amide bonds. The highest BCUT2D eigenvalue weighted by Gasteiger charge is 2.19. The van der Waals surface area contributed by atoms with E-state index < -0.39 is 6.10 Å². The lowest BCUT2D eigenvalue weighted by Gasteiger charge is -2.18. The second-order valence-electron chi connectivity index (χ2n) is 15.0. The van der Waals surface area contributed by atoms with Crippen LogP contribution in [-0.2, 0) is 28.6 Å². The number of carbonyl (C=O) groups is 3. The van der Waals surface area contributed by atoms with Crippen LogP contribution in [0, 0.1) is 0 Å². The Morgan fingerprint density at radius 1 is 0.434 bits per heavy atom. The van der Waals surface area contributed by atoms with Crippen LogP contribution in [0.4, 0.5) is 0 Å². The Balaban J connectivity index is 4.28. The number of hydrogen-bond donors (Lipinski definition) is 0. The van der Waals surface area contributed by atoms with E-state index in [4.69, 9.17) is 14.2 Å². The average Bonchev–Trinajstić information content (AvgIpc) is 3.15. The second-order valence-corrected chi connectivity index (χ2v) is 15.0. The Morgan fingerprint density at radius 2 is 0.774 bits per heavy atom. The molecular formula is C47H84O6. The molecule has 0 heterocycles. The Morgan fingerprint density at radius 3 is 1.21 bits per heavy atom. The molecule has 0 radical (unpaired) electrons. The summed E-state index contributed by atoms with van der Waals surface area (Å²) in [5, 5.41) is 0. The number of allylic oxidation sites excluding steroid dienone is 5. The second kappa shape index (κ2) is 42.4. The van der Waals surface area contributed by atoms with Crippen molar-refractivity contribution in [3.63, 3.8) is 0 Å². The van der Waals surface area contributed by atoms with Gasteiger partial charge in [-0.1, -0.05) is 173 Å². The van der Waals surface area contributed by atoms with Crippen LogP contribution in [0.3, 0.4) is 0 Å². The first-order valence-electron chi connectivity index (χ1n) is 22.4. The summed E-state index contributed by atoms with van der Waals surface area (Å²) in [6.07, 6.45) is 46.0. The van der Waals surface area contributed by atoms with Crippen molar-refractivity contribution in [3.8, 4) is 0 Å². The van der Waals surface area contributed by atoms with Crippen LogP contribution < -0.4 is 0 Å². The van der Waals surface area contributed by atoms with E-state index in [2.05, 4.69) is 44.7 Å². The fraction of sp³-hybridized carbons (Fsp3) is 0.809. The zero-order valence-corrected chi connectivity index (χ0v) is 34.9. The number of esters is 3. The van der Waals surface area contributed by atoms with E-state index in [0.717, 1.165) is 96.3 Å². The van der Waals surface area contributed by atoms with Gasteiger partial charge < -0.3 is 14.2 Å². The molecule has 308 valence electrons. The van der Waals surface area contributed by atoms with E-state index in [0.29, 0.717) is 19.3 Å². The summed E-state index contributed by atoms with van der Waals surface area (Å²) in [5.74, 6) is -0.918. The summed E-state index contributed by atoms with van der Waals surface area (Å²) in [4.78, 5) is 37.6. The highest BCUT2D eigenvalue weighted by atomic mass is 16.6. The summed E-state index contributed by atoms with van der Waals surface area (Å²) >= 11 is 0. The molecule has 1 unspecified atom stereocenters. The molecular weight excluding hydrogens is 661 g/mol. The van der Waals surface area contributed by atoms with Crippen molar-refractivity contribution in [1.29, 1.82) is 0 Å². The molecule has 6 heteroatoms. The maximum absolute atomic E-state index is 12.6. The quantitative estimate of drug-likeness (QED) is 0.0268. The van der Waals surface area contributed by atoms with Gasteiger partial charge in [0, 0.05) is 19.3 Å². The maximum atomic E-state index is 12.6. The van der Waals surface area contributed by atoms with Crippen LogP contribution in [0.25, 0.3) is 0 Å². The van der Waals surface area contributed by atoms with Gasteiger partial charge in [0.15, 0.2) is 6.10 Å². The van der Waals surface area contributed by atoms with Crippen LogP contribution in [0.2, 0.25) is 0 Å². The van der Waals surface area contributed by atoms with Gasteiger partial charge in [-0.25, -0.2) is 0 Å². The topological polar surface area (TPSA) is 78.9 Å². The fourth-order valence-electron chi connectivity index (χ4n) is 6.33. The van der Waals surface area contributed by atoms with Crippen LogP contribution in [-0.4, -0.2) is 37.2 Å². The molecule has 0 aliphatic heterocycles.